The molecule has 0 saturated heterocycles. The van der Waals surface area contributed by atoms with Crippen molar-refractivity contribution >= 4 is 44.8 Å². The number of nitrogens with one attached hydrogen (secondary N) is 1. The number of aliphatic hydroxyl groups excluding tert-OH is 1. The van der Waals surface area contributed by atoms with Crippen LogP contribution >= 0.6 is 22.9 Å². The van der Waals surface area contributed by atoms with Gasteiger partial charge in [0.15, 0.2) is 22.5 Å². The van der Waals surface area contributed by atoms with Crippen LogP contribution in [-0.2, 0) is 24.3 Å². The van der Waals surface area contributed by atoms with Crippen LogP contribution in [-0.4, -0.2) is 80.4 Å². The van der Waals surface area contributed by atoms with Crippen molar-refractivity contribution in [1.82, 2.24) is 14.6 Å². The van der Waals surface area contributed by atoms with Gasteiger partial charge in [0.05, 0.1) is 36.7 Å². The van der Waals surface area contributed by atoms with Crippen LogP contribution in [0.25, 0.3) is 0 Å². The molecule has 1 aromatic carbocycles. The zero-order valence-electron chi connectivity index (χ0n) is 22.6. The molecule has 1 fully saturated rings. The lowest BCUT2D eigenvalue weighted by molar-refractivity contribution is -0.136. The Hall–Kier alpha value is -2.49. The fourth-order valence-electron chi connectivity index (χ4n) is 5.31. The van der Waals surface area contributed by atoms with Gasteiger partial charge in [-0.3, -0.25) is 4.99 Å². The van der Waals surface area contributed by atoms with Crippen molar-refractivity contribution in [3.05, 3.63) is 62.2 Å². The molecule has 10 nitrogen and oxygen atoms in total. The molecular weight excluding hydrogens is 602 g/mol. The van der Waals surface area contributed by atoms with Crippen LogP contribution in [0.15, 0.2) is 40.0 Å². The largest absolute Gasteiger partial charge is 0.466 e. The van der Waals surface area contributed by atoms with Crippen LogP contribution in [0.4, 0.5) is 8.78 Å². The van der Waals surface area contributed by atoms with Crippen LogP contribution in [0.2, 0.25) is 5.02 Å². The third-order valence-corrected chi connectivity index (χ3v) is 9.63. The number of carbonyl (C=O) groups excluding carboxylic acids is 1. The van der Waals surface area contributed by atoms with E-state index in [1.54, 1.807) is 11.6 Å². The number of halogens is 3. The number of allylic oxidation sites excluding steroid dienone is 1. The number of thiazole rings is 1. The van der Waals surface area contributed by atoms with Crippen LogP contribution in [0, 0.1) is 17.6 Å². The summed E-state index contributed by atoms with van der Waals surface area (Å²) in [4.78, 5) is 22.2. The topological polar surface area (TPSA) is 130 Å². The molecule has 2 aromatic rings. The Balaban J connectivity index is 1.72. The number of amidine groups is 1. The molecule has 0 spiro atoms. The van der Waals surface area contributed by atoms with E-state index in [0.29, 0.717) is 42.2 Å². The van der Waals surface area contributed by atoms with Gasteiger partial charge in [0, 0.05) is 42.5 Å². The molecule has 2 atom stereocenters. The fraction of sp³-hybridized carbons (Fsp3) is 0.500. The Kier molecular flexibility index (Phi) is 10.1. The Morgan fingerprint density at radius 3 is 2.56 bits per heavy atom. The number of aromatic nitrogens is 1. The predicted octanol–water partition coefficient (Wildman–Crippen LogP) is 3.42. The summed E-state index contributed by atoms with van der Waals surface area (Å²) in [5.41, 5.74) is 0.661. The van der Waals surface area contributed by atoms with Gasteiger partial charge in [0.1, 0.15) is 6.04 Å². The second-order valence-corrected chi connectivity index (χ2v) is 13.1. The molecule has 224 valence electrons. The van der Waals surface area contributed by atoms with Gasteiger partial charge in [-0.2, -0.15) is 4.31 Å². The number of methoxy groups -OCH3 is 2. The van der Waals surface area contributed by atoms with Crippen molar-refractivity contribution in [3.63, 3.8) is 0 Å². The van der Waals surface area contributed by atoms with E-state index in [9.17, 15) is 27.1 Å². The monoisotopic (exact) mass is 632 g/mol. The highest BCUT2D eigenvalue weighted by atomic mass is 35.5. The number of aliphatic hydroxyl groups is 1. The van der Waals surface area contributed by atoms with E-state index in [4.69, 9.17) is 21.1 Å². The van der Waals surface area contributed by atoms with E-state index in [1.807, 2.05) is 0 Å². The lowest BCUT2D eigenvalue weighted by Crippen LogP contribution is -2.47. The molecule has 2 aliphatic rings. The maximum atomic E-state index is 14.5. The minimum atomic E-state index is -3.63. The minimum Gasteiger partial charge on any atom is -0.466 e. The van der Waals surface area contributed by atoms with Crippen LogP contribution in [0.5, 0.6) is 0 Å². The van der Waals surface area contributed by atoms with Gasteiger partial charge in [-0.05, 0) is 37.7 Å². The summed E-state index contributed by atoms with van der Waals surface area (Å²) in [6.45, 7) is -0.110. The summed E-state index contributed by atoms with van der Waals surface area (Å²) in [5.74, 6) is -3.04. The summed E-state index contributed by atoms with van der Waals surface area (Å²) < 4.78 is 65.0. The lowest BCUT2D eigenvalue weighted by Gasteiger charge is -2.38. The molecule has 0 radical (unpaired) electrons. The molecule has 1 aliphatic carbocycles. The van der Waals surface area contributed by atoms with Crippen molar-refractivity contribution < 1.29 is 36.6 Å². The summed E-state index contributed by atoms with van der Waals surface area (Å²) in [7, 11) is -1.000. The van der Waals surface area contributed by atoms with E-state index >= 15 is 0 Å². The number of ether oxygens (including phenoxy) is 2. The molecule has 1 saturated carbocycles. The van der Waals surface area contributed by atoms with E-state index < -0.39 is 44.8 Å². The van der Waals surface area contributed by atoms with Gasteiger partial charge in [0.25, 0.3) is 0 Å². The fourth-order valence-corrected chi connectivity index (χ4v) is 7.35. The summed E-state index contributed by atoms with van der Waals surface area (Å²) in [6, 6.07) is 0.720. The molecule has 4 rings (SSSR count). The quantitative estimate of drug-likeness (QED) is 0.301. The van der Waals surface area contributed by atoms with Crippen LogP contribution < -0.4 is 5.32 Å². The van der Waals surface area contributed by atoms with Crippen LogP contribution in [0.1, 0.15) is 42.3 Å². The van der Waals surface area contributed by atoms with E-state index in [-0.39, 0.29) is 36.2 Å². The van der Waals surface area contributed by atoms with Crippen molar-refractivity contribution in [1.29, 1.82) is 0 Å². The summed E-state index contributed by atoms with van der Waals surface area (Å²) in [6.07, 6.45) is 3.54. The van der Waals surface area contributed by atoms with Gasteiger partial charge in [-0.15, -0.1) is 11.3 Å². The number of carbonyl (C=O) groups is 1. The third-order valence-electron chi connectivity index (χ3n) is 7.16. The number of hydrogen-bond donors (Lipinski definition) is 2. The zero-order valence-corrected chi connectivity index (χ0v) is 25.0. The second-order valence-electron chi connectivity index (χ2n) is 9.87. The summed E-state index contributed by atoms with van der Waals surface area (Å²) in [5, 5.41) is 15.2. The molecular formula is C26H31ClF2N4O6S2. The maximum absolute atomic E-state index is 14.5. The average molecular weight is 633 g/mol. The highest BCUT2D eigenvalue weighted by Crippen LogP contribution is 2.42. The van der Waals surface area contributed by atoms with Crippen molar-refractivity contribution in [2.24, 2.45) is 10.9 Å². The maximum Gasteiger partial charge on any atom is 0.338 e. The smallest absolute Gasteiger partial charge is 0.338 e. The number of aliphatic imine (C=N–C) groups is 1. The first-order chi connectivity index (χ1) is 19.5. The first-order valence-corrected chi connectivity index (χ1v) is 15.9. The van der Waals surface area contributed by atoms with E-state index in [0.717, 1.165) is 12.3 Å². The highest BCUT2D eigenvalue weighted by molar-refractivity contribution is 7.88. The second kappa shape index (κ2) is 13.2. The standard InChI is InChI=1S/C26H31ClF2N4O6S2/c1-38-13-16(34)12-33(41(3,36)37)15-6-4-14(5-7-15)22-19(26(35)39-2)23(17-8-9-18(28)21(29)20(17)27)32-24(31-22)25-30-10-11-40-25/h8-11,14-16,23,34H,4-7,12-13H2,1-3H3,(H,31,32)/t14?,15?,16-,23?/m1/s1. The Labute approximate surface area is 246 Å². The van der Waals surface area contributed by atoms with Crippen molar-refractivity contribution in [2.45, 2.75) is 43.9 Å². The van der Waals surface area contributed by atoms with Gasteiger partial charge in [-0.25, -0.2) is 27.0 Å². The van der Waals surface area contributed by atoms with E-state index in [2.05, 4.69) is 15.3 Å². The minimum absolute atomic E-state index is 0.00649. The number of rotatable bonds is 10. The Morgan fingerprint density at radius 2 is 1.98 bits per heavy atom. The molecule has 0 amide bonds. The Bertz CT molecular complexity index is 1430. The molecule has 15 heteroatoms. The number of sulfonamides is 1. The normalized spacial score (nSPS) is 22.3. The first-order valence-electron chi connectivity index (χ1n) is 12.8. The van der Waals surface area contributed by atoms with Crippen molar-refractivity contribution in [2.75, 3.05) is 33.6 Å². The van der Waals surface area contributed by atoms with Gasteiger partial charge >= 0.3 is 5.97 Å². The number of esters is 1. The number of hydrogen-bond acceptors (Lipinski definition) is 10. The van der Waals surface area contributed by atoms with Gasteiger partial charge in [-0.1, -0.05) is 17.7 Å². The number of benzene rings is 1. The summed E-state index contributed by atoms with van der Waals surface area (Å²) >= 11 is 7.53. The molecule has 1 unspecified atom stereocenters. The van der Waals surface area contributed by atoms with Gasteiger partial charge in [0.2, 0.25) is 10.0 Å². The lowest BCUT2D eigenvalue weighted by atomic mass is 9.80. The molecule has 1 aliphatic heterocycles. The van der Waals surface area contributed by atoms with Gasteiger partial charge < -0.3 is 19.9 Å². The molecule has 1 aromatic heterocycles. The molecule has 2 heterocycles. The van der Waals surface area contributed by atoms with E-state index in [1.165, 1.54) is 35.9 Å². The zero-order chi connectivity index (χ0) is 29.9. The van der Waals surface area contributed by atoms with Crippen molar-refractivity contribution in [3.8, 4) is 0 Å². The molecule has 41 heavy (non-hydrogen) atoms. The Morgan fingerprint density at radius 1 is 1.27 bits per heavy atom. The third kappa shape index (κ3) is 6.95. The first kappa shape index (κ1) is 31.4. The predicted molar refractivity (Wildman–Crippen MR) is 150 cm³/mol. The molecule has 2 N–H and O–H groups in total. The average Bonchev–Trinajstić information content (AvgIpc) is 3.49. The molecule has 0 bridgehead atoms. The SMILES string of the molecule is COC[C@H](O)CN(C1CCC(C2=C(C(=O)OC)C(c3ccc(F)c(F)c3Cl)N=C(c3nccs3)N2)CC1)S(C)(=O)=O. The number of nitrogens with zero attached hydrogens (tertiary/aromatic N) is 3. The van der Waals surface area contributed by atoms with Crippen LogP contribution in [0.3, 0.4) is 0 Å². The highest BCUT2D eigenvalue weighted by Gasteiger charge is 2.40.